The summed E-state index contributed by atoms with van der Waals surface area (Å²) in [7, 11) is 0. The maximum absolute atomic E-state index is 5.32. The number of nitrogens with zero attached hydrogens (tertiary/aromatic N) is 2. The van der Waals surface area contributed by atoms with Crippen molar-refractivity contribution in [3.8, 4) is 0 Å². The molecule has 0 radical (unpaired) electrons. The largest absolute Gasteiger partial charge is 0.346 e. The van der Waals surface area contributed by atoms with E-state index in [1.807, 2.05) is 19.2 Å². The Labute approximate surface area is 112 Å². The molecule has 0 amide bonds. The monoisotopic (exact) mass is 259 g/mol. The average Bonchev–Trinajstić information content (AvgIpc) is 2.35. The highest BCUT2D eigenvalue weighted by molar-refractivity contribution is 7.71. The normalized spacial score (nSPS) is 10.9. The van der Waals surface area contributed by atoms with Crippen LogP contribution in [0.4, 0.5) is 0 Å². The quantitative estimate of drug-likeness (QED) is 0.857. The van der Waals surface area contributed by atoms with E-state index in [2.05, 4.69) is 34.9 Å². The van der Waals surface area contributed by atoms with Gasteiger partial charge in [0.05, 0.1) is 0 Å². The maximum Gasteiger partial charge on any atom is 0.132 e. The standard InChI is InChI=1S/C14H17N3S/c1-9(2)13-16-12(10(3)14(18)17-13)7-11-5-4-6-15-8-11/h4-6,8-9H,7H2,1-3H3,(H,16,17,18). The Morgan fingerprint density at radius 1 is 1.39 bits per heavy atom. The van der Waals surface area contributed by atoms with Crippen molar-refractivity contribution in [3.05, 3.63) is 51.8 Å². The van der Waals surface area contributed by atoms with Crippen molar-refractivity contribution in [1.29, 1.82) is 0 Å². The second-order valence-electron chi connectivity index (χ2n) is 4.72. The number of pyridine rings is 1. The van der Waals surface area contributed by atoms with Crippen LogP contribution in [0, 0.1) is 11.6 Å². The number of hydrogen-bond acceptors (Lipinski definition) is 3. The Bertz CT molecular complexity index is 588. The maximum atomic E-state index is 5.32. The zero-order valence-electron chi connectivity index (χ0n) is 10.9. The van der Waals surface area contributed by atoms with Crippen molar-refractivity contribution in [2.75, 3.05) is 0 Å². The highest BCUT2D eigenvalue weighted by Crippen LogP contribution is 2.16. The zero-order chi connectivity index (χ0) is 13.1. The molecule has 2 heterocycles. The van der Waals surface area contributed by atoms with Gasteiger partial charge in [-0.3, -0.25) is 4.98 Å². The molecule has 2 aromatic rings. The summed E-state index contributed by atoms with van der Waals surface area (Å²) in [4.78, 5) is 11.9. The number of H-pyrrole nitrogens is 1. The van der Waals surface area contributed by atoms with Crippen LogP contribution in [0.2, 0.25) is 0 Å². The summed E-state index contributed by atoms with van der Waals surface area (Å²) in [5.74, 6) is 1.30. The third-order valence-electron chi connectivity index (χ3n) is 2.92. The molecule has 0 bridgehead atoms. The Balaban J connectivity index is 2.41. The molecule has 0 aliphatic rings. The molecule has 0 unspecified atom stereocenters. The molecule has 0 aromatic carbocycles. The first kappa shape index (κ1) is 12.9. The van der Waals surface area contributed by atoms with E-state index in [9.17, 15) is 0 Å². The third kappa shape index (κ3) is 2.82. The molecule has 0 saturated heterocycles. The van der Waals surface area contributed by atoms with Gasteiger partial charge in [-0.2, -0.15) is 0 Å². The minimum Gasteiger partial charge on any atom is -0.346 e. The highest BCUT2D eigenvalue weighted by atomic mass is 32.1. The second-order valence-corrected chi connectivity index (χ2v) is 5.11. The van der Waals surface area contributed by atoms with Gasteiger partial charge in [-0.15, -0.1) is 0 Å². The lowest BCUT2D eigenvalue weighted by Gasteiger charge is -2.11. The highest BCUT2D eigenvalue weighted by Gasteiger charge is 2.08. The van der Waals surface area contributed by atoms with Gasteiger partial charge in [0.2, 0.25) is 0 Å². The Kier molecular flexibility index (Phi) is 3.87. The second kappa shape index (κ2) is 5.40. The Morgan fingerprint density at radius 2 is 2.17 bits per heavy atom. The van der Waals surface area contributed by atoms with Crippen LogP contribution in [0.3, 0.4) is 0 Å². The predicted octanol–water partition coefficient (Wildman–Crippen LogP) is 3.56. The molecule has 1 N–H and O–H groups in total. The van der Waals surface area contributed by atoms with Crippen molar-refractivity contribution >= 4 is 12.2 Å². The van der Waals surface area contributed by atoms with E-state index in [0.29, 0.717) is 10.6 Å². The van der Waals surface area contributed by atoms with Crippen molar-refractivity contribution in [3.63, 3.8) is 0 Å². The molecule has 3 nitrogen and oxygen atoms in total. The van der Waals surface area contributed by atoms with E-state index in [0.717, 1.165) is 23.5 Å². The average molecular weight is 259 g/mol. The predicted molar refractivity (Wildman–Crippen MR) is 75.3 cm³/mol. The minimum absolute atomic E-state index is 0.347. The van der Waals surface area contributed by atoms with Crippen LogP contribution in [0.1, 0.15) is 42.4 Å². The smallest absolute Gasteiger partial charge is 0.132 e. The number of hydrogen-bond donors (Lipinski definition) is 1. The van der Waals surface area contributed by atoms with Crippen LogP contribution in [0.15, 0.2) is 24.5 Å². The van der Waals surface area contributed by atoms with Gasteiger partial charge in [-0.05, 0) is 18.6 Å². The Morgan fingerprint density at radius 3 is 2.78 bits per heavy atom. The van der Waals surface area contributed by atoms with Crippen molar-refractivity contribution < 1.29 is 0 Å². The van der Waals surface area contributed by atoms with Gasteiger partial charge >= 0.3 is 0 Å². The van der Waals surface area contributed by atoms with Crippen LogP contribution in [0.25, 0.3) is 0 Å². The zero-order valence-corrected chi connectivity index (χ0v) is 11.7. The first-order chi connectivity index (χ1) is 8.58. The molecule has 18 heavy (non-hydrogen) atoms. The van der Waals surface area contributed by atoms with Crippen LogP contribution in [-0.2, 0) is 6.42 Å². The van der Waals surface area contributed by atoms with Crippen LogP contribution in [-0.4, -0.2) is 15.0 Å². The fourth-order valence-electron chi connectivity index (χ4n) is 1.76. The van der Waals surface area contributed by atoms with Gasteiger partial charge in [0.15, 0.2) is 0 Å². The molecule has 4 heteroatoms. The summed E-state index contributed by atoms with van der Waals surface area (Å²) in [6.07, 6.45) is 4.47. The first-order valence-electron chi connectivity index (χ1n) is 6.06. The van der Waals surface area contributed by atoms with Crippen LogP contribution >= 0.6 is 12.2 Å². The number of rotatable bonds is 3. The van der Waals surface area contributed by atoms with E-state index in [1.54, 1.807) is 6.20 Å². The number of aromatic amines is 1. The molecule has 0 atom stereocenters. The van der Waals surface area contributed by atoms with Gasteiger partial charge < -0.3 is 4.98 Å². The number of nitrogens with one attached hydrogen (secondary N) is 1. The van der Waals surface area contributed by atoms with Gasteiger partial charge in [-0.1, -0.05) is 32.1 Å². The molecular weight excluding hydrogens is 242 g/mol. The lowest BCUT2D eigenvalue weighted by atomic mass is 10.1. The SMILES string of the molecule is Cc1c(Cc2cccnc2)[nH]c(C(C)C)nc1=S. The lowest BCUT2D eigenvalue weighted by Crippen LogP contribution is -2.05. The van der Waals surface area contributed by atoms with Gasteiger partial charge in [-0.25, -0.2) is 4.98 Å². The third-order valence-corrected chi connectivity index (χ3v) is 3.32. The van der Waals surface area contributed by atoms with Crippen LogP contribution in [0.5, 0.6) is 0 Å². The molecule has 0 spiro atoms. The molecule has 0 fully saturated rings. The fraction of sp³-hybridized carbons (Fsp3) is 0.357. The van der Waals surface area contributed by atoms with E-state index >= 15 is 0 Å². The lowest BCUT2D eigenvalue weighted by molar-refractivity contribution is 0.752. The van der Waals surface area contributed by atoms with Crippen molar-refractivity contribution in [1.82, 2.24) is 15.0 Å². The molecule has 2 rings (SSSR count). The minimum atomic E-state index is 0.347. The summed E-state index contributed by atoms with van der Waals surface area (Å²) < 4.78 is 0.691. The van der Waals surface area contributed by atoms with E-state index in [4.69, 9.17) is 12.2 Å². The van der Waals surface area contributed by atoms with Gasteiger partial charge in [0.25, 0.3) is 0 Å². The van der Waals surface area contributed by atoms with E-state index in [1.165, 1.54) is 5.56 Å². The van der Waals surface area contributed by atoms with E-state index in [-0.39, 0.29) is 0 Å². The Hall–Kier alpha value is -1.55. The fourth-order valence-corrected chi connectivity index (χ4v) is 1.98. The topological polar surface area (TPSA) is 41.6 Å². The molecular formula is C14H17N3S. The van der Waals surface area contributed by atoms with Crippen molar-refractivity contribution in [2.45, 2.75) is 33.1 Å². The molecule has 2 aromatic heterocycles. The summed E-state index contributed by atoms with van der Waals surface area (Å²) >= 11 is 5.32. The summed E-state index contributed by atoms with van der Waals surface area (Å²) in [6, 6.07) is 4.02. The molecule has 0 aliphatic heterocycles. The van der Waals surface area contributed by atoms with Crippen LogP contribution < -0.4 is 0 Å². The van der Waals surface area contributed by atoms with Crippen molar-refractivity contribution in [2.24, 2.45) is 0 Å². The van der Waals surface area contributed by atoms with Gasteiger partial charge in [0.1, 0.15) is 10.5 Å². The first-order valence-corrected chi connectivity index (χ1v) is 6.47. The molecule has 94 valence electrons. The number of aromatic nitrogens is 3. The summed E-state index contributed by atoms with van der Waals surface area (Å²) in [5, 5.41) is 0. The molecule has 0 saturated carbocycles. The van der Waals surface area contributed by atoms with E-state index < -0.39 is 0 Å². The van der Waals surface area contributed by atoms with Gasteiger partial charge in [0, 0.05) is 36.0 Å². The summed E-state index contributed by atoms with van der Waals surface area (Å²) in [5.41, 5.74) is 3.36. The molecule has 0 aliphatic carbocycles. The summed E-state index contributed by atoms with van der Waals surface area (Å²) in [6.45, 7) is 6.23.